The summed E-state index contributed by atoms with van der Waals surface area (Å²) >= 11 is 0. The van der Waals surface area contributed by atoms with E-state index in [-0.39, 0.29) is 0 Å². The predicted octanol–water partition coefficient (Wildman–Crippen LogP) is 1.16. The molecule has 0 amide bonds. The highest BCUT2D eigenvalue weighted by Crippen LogP contribution is 1.94. The minimum atomic E-state index is 0.638. The highest BCUT2D eigenvalue weighted by atomic mass is 15.3. The second kappa shape index (κ2) is 7.41. The number of aliphatic imine (C=N–C) groups is 1. The van der Waals surface area contributed by atoms with Crippen molar-refractivity contribution in [3.8, 4) is 6.19 Å². The average molecular weight is 182 g/mol. The van der Waals surface area contributed by atoms with E-state index in [0.717, 1.165) is 13.0 Å². The maximum absolute atomic E-state index is 8.42. The van der Waals surface area contributed by atoms with E-state index in [2.05, 4.69) is 17.2 Å². The lowest BCUT2D eigenvalue weighted by molar-refractivity contribution is 0.594. The molecule has 4 nitrogen and oxygen atoms in total. The third kappa shape index (κ3) is 5.97. The van der Waals surface area contributed by atoms with Crippen molar-refractivity contribution in [1.82, 2.24) is 10.2 Å². The standard InChI is InChI=1S/C9H18N4/c1-4-5-6-7-11-9(12-8-10)13(2)3/h4-7H2,1-3H3,(H,11,12). The molecule has 13 heavy (non-hydrogen) atoms. The fourth-order valence-electron chi connectivity index (χ4n) is 0.890. The van der Waals surface area contributed by atoms with Gasteiger partial charge >= 0.3 is 0 Å². The van der Waals surface area contributed by atoms with E-state index >= 15 is 0 Å². The maximum atomic E-state index is 8.42. The lowest BCUT2D eigenvalue weighted by Crippen LogP contribution is -2.33. The first-order valence-corrected chi connectivity index (χ1v) is 4.59. The highest BCUT2D eigenvalue weighted by molar-refractivity contribution is 5.80. The molecule has 0 aromatic carbocycles. The number of unbranched alkanes of at least 4 members (excludes halogenated alkanes) is 2. The lowest BCUT2D eigenvalue weighted by Gasteiger charge is -2.12. The summed E-state index contributed by atoms with van der Waals surface area (Å²) in [5.74, 6) is 0.638. The van der Waals surface area contributed by atoms with Gasteiger partial charge in [0.05, 0.1) is 0 Å². The van der Waals surface area contributed by atoms with Gasteiger partial charge in [0.2, 0.25) is 5.96 Å². The number of rotatable bonds is 4. The zero-order valence-electron chi connectivity index (χ0n) is 8.67. The van der Waals surface area contributed by atoms with Crippen LogP contribution in [0.4, 0.5) is 0 Å². The normalized spacial score (nSPS) is 10.8. The van der Waals surface area contributed by atoms with Crippen LogP contribution in [0.2, 0.25) is 0 Å². The van der Waals surface area contributed by atoms with Crippen LogP contribution in [-0.2, 0) is 0 Å². The third-order valence-corrected chi connectivity index (χ3v) is 1.61. The fourth-order valence-corrected chi connectivity index (χ4v) is 0.890. The summed E-state index contributed by atoms with van der Waals surface area (Å²) in [5, 5.41) is 11.0. The summed E-state index contributed by atoms with van der Waals surface area (Å²) < 4.78 is 0. The molecule has 0 aliphatic heterocycles. The van der Waals surface area contributed by atoms with Gasteiger partial charge in [-0.3, -0.25) is 10.3 Å². The van der Waals surface area contributed by atoms with E-state index in [4.69, 9.17) is 5.26 Å². The molecular formula is C9H18N4. The van der Waals surface area contributed by atoms with Crippen molar-refractivity contribution in [3.05, 3.63) is 0 Å². The fraction of sp³-hybridized carbons (Fsp3) is 0.778. The SMILES string of the molecule is CCCCCN=C(NC#N)N(C)C. The molecule has 0 aromatic heterocycles. The van der Waals surface area contributed by atoms with Gasteiger partial charge in [0.25, 0.3) is 0 Å². The van der Waals surface area contributed by atoms with Crippen LogP contribution in [-0.4, -0.2) is 31.5 Å². The van der Waals surface area contributed by atoms with Crippen molar-refractivity contribution < 1.29 is 0 Å². The van der Waals surface area contributed by atoms with Crippen molar-refractivity contribution in [2.75, 3.05) is 20.6 Å². The van der Waals surface area contributed by atoms with Crippen molar-refractivity contribution in [1.29, 1.82) is 5.26 Å². The second-order valence-corrected chi connectivity index (χ2v) is 3.04. The molecule has 74 valence electrons. The van der Waals surface area contributed by atoms with Crippen LogP contribution < -0.4 is 5.32 Å². The van der Waals surface area contributed by atoms with Gasteiger partial charge in [-0.05, 0) is 6.42 Å². The Bertz CT molecular complexity index is 190. The Kier molecular flexibility index (Phi) is 6.70. The number of nitriles is 1. The van der Waals surface area contributed by atoms with E-state index < -0.39 is 0 Å². The Morgan fingerprint density at radius 1 is 1.46 bits per heavy atom. The summed E-state index contributed by atoms with van der Waals surface area (Å²) in [6, 6.07) is 0. The van der Waals surface area contributed by atoms with Crippen LogP contribution in [0.5, 0.6) is 0 Å². The van der Waals surface area contributed by atoms with Crippen LogP contribution in [0, 0.1) is 11.5 Å². The topological polar surface area (TPSA) is 51.4 Å². The Morgan fingerprint density at radius 2 is 2.15 bits per heavy atom. The van der Waals surface area contributed by atoms with E-state index in [1.807, 2.05) is 20.3 Å². The Labute approximate surface area is 80.3 Å². The number of hydrogen-bond acceptors (Lipinski definition) is 2. The van der Waals surface area contributed by atoms with Gasteiger partial charge in [0.15, 0.2) is 6.19 Å². The molecule has 0 saturated carbocycles. The molecule has 0 unspecified atom stereocenters. The highest BCUT2D eigenvalue weighted by Gasteiger charge is 1.98. The molecule has 0 atom stereocenters. The number of nitrogens with one attached hydrogen (secondary N) is 1. The first kappa shape index (κ1) is 11.8. The number of nitrogens with zero attached hydrogens (tertiary/aromatic N) is 3. The van der Waals surface area contributed by atoms with Gasteiger partial charge in [0, 0.05) is 20.6 Å². The van der Waals surface area contributed by atoms with Gasteiger partial charge in [0.1, 0.15) is 0 Å². The number of hydrogen-bond donors (Lipinski definition) is 1. The summed E-state index contributed by atoms with van der Waals surface area (Å²) in [4.78, 5) is 6.06. The van der Waals surface area contributed by atoms with Gasteiger partial charge in [-0.2, -0.15) is 5.26 Å². The van der Waals surface area contributed by atoms with E-state index in [1.165, 1.54) is 12.8 Å². The molecule has 0 heterocycles. The first-order valence-electron chi connectivity index (χ1n) is 4.59. The third-order valence-electron chi connectivity index (χ3n) is 1.61. The Balaban J connectivity index is 3.84. The number of guanidine groups is 1. The monoisotopic (exact) mass is 182 g/mol. The second-order valence-electron chi connectivity index (χ2n) is 3.04. The van der Waals surface area contributed by atoms with Crippen LogP contribution in [0.25, 0.3) is 0 Å². The lowest BCUT2D eigenvalue weighted by atomic mass is 10.2. The molecule has 0 spiro atoms. The van der Waals surface area contributed by atoms with Crippen LogP contribution in [0.15, 0.2) is 4.99 Å². The average Bonchev–Trinajstić information content (AvgIpc) is 2.10. The molecule has 0 aliphatic rings. The van der Waals surface area contributed by atoms with E-state index in [9.17, 15) is 0 Å². The summed E-state index contributed by atoms with van der Waals surface area (Å²) in [6.45, 7) is 2.94. The minimum absolute atomic E-state index is 0.638. The van der Waals surface area contributed by atoms with Crippen LogP contribution in [0.1, 0.15) is 26.2 Å². The van der Waals surface area contributed by atoms with Crippen LogP contribution in [0.3, 0.4) is 0 Å². The van der Waals surface area contributed by atoms with Crippen molar-refractivity contribution in [2.24, 2.45) is 4.99 Å². The maximum Gasteiger partial charge on any atom is 0.206 e. The summed E-state index contributed by atoms with van der Waals surface area (Å²) in [7, 11) is 3.73. The van der Waals surface area contributed by atoms with E-state index in [0.29, 0.717) is 5.96 Å². The summed E-state index contributed by atoms with van der Waals surface area (Å²) in [5.41, 5.74) is 0. The minimum Gasteiger partial charge on any atom is -0.348 e. The Morgan fingerprint density at radius 3 is 2.62 bits per heavy atom. The van der Waals surface area contributed by atoms with Gasteiger partial charge in [-0.1, -0.05) is 19.8 Å². The molecule has 4 heteroatoms. The Hall–Kier alpha value is -1.24. The zero-order chi connectivity index (χ0) is 10.1. The smallest absolute Gasteiger partial charge is 0.206 e. The van der Waals surface area contributed by atoms with Gasteiger partial charge < -0.3 is 4.90 Å². The first-order chi connectivity index (χ1) is 6.22. The van der Waals surface area contributed by atoms with Gasteiger partial charge in [-0.25, -0.2) is 0 Å². The molecule has 0 bridgehead atoms. The molecule has 0 rings (SSSR count). The summed E-state index contributed by atoms with van der Waals surface area (Å²) in [6.07, 6.45) is 5.34. The molecule has 0 saturated heterocycles. The quantitative estimate of drug-likeness (QED) is 0.233. The van der Waals surface area contributed by atoms with Crippen LogP contribution >= 0.6 is 0 Å². The molecule has 1 N–H and O–H groups in total. The molecular weight excluding hydrogens is 164 g/mol. The van der Waals surface area contributed by atoms with Crippen molar-refractivity contribution in [2.45, 2.75) is 26.2 Å². The molecule has 0 radical (unpaired) electrons. The molecule has 0 aromatic rings. The van der Waals surface area contributed by atoms with Crippen molar-refractivity contribution >= 4 is 5.96 Å². The van der Waals surface area contributed by atoms with Crippen molar-refractivity contribution in [3.63, 3.8) is 0 Å². The molecule has 0 aliphatic carbocycles. The van der Waals surface area contributed by atoms with Gasteiger partial charge in [-0.15, -0.1) is 0 Å². The van der Waals surface area contributed by atoms with E-state index in [1.54, 1.807) is 4.90 Å². The predicted molar refractivity (Wildman–Crippen MR) is 54.3 cm³/mol. The molecule has 0 fully saturated rings. The zero-order valence-corrected chi connectivity index (χ0v) is 8.67. The largest absolute Gasteiger partial charge is 0.348 e.